The number of carbonyl (C=O) groups excluding carboxylic acids is 1. The zero-order valence-corrected chi connectivity index (χ0v) is 13.5. The number of hydrogen-bond donors (Lipinski definition) is 1. The van der Waals surface area contributed by atoms with Crippen LogP contribution in [0, 0.1) is 0 Å². The first-order valence-electron chi connectivity index (χ1n) is 7.80. The lowest BCUT2D eigenvalue weighted by Crippen LogP contribution is -2.58. The molecule has 8 heteroatoms. The van der Waals surface area contributed by atoms with E-state index in [1.165, 1.54) is 30.0 Å². The molecule has 4 rings (SSSR count). The van der Waals surface area contributed by atoms with Crippen LogP contribution < -0.4 is 10.1 Å². The van der Waals surface area contributed by atoms with Crippen LogP contribution >= 0.6 is 11.8 Å². The van der Waals surface area contributed by atoms with Crippen LogP contribution in [-0.4, -0.2) is 28.8 Å². The molecule has 3 aliphatic rings. The second-order valence-electron chi connectivity index (χ2n) is 6.43. The van der Waals surface area contributed by atoms with Gasteiger partial charge < -0.3 is 10.1 Å². The third-order valence-electron chi connectivity index (χ3n) is 4.68. The van der Waals surface area contributed by atoms with Crippen molar-refractivity contribution in [3.05, 3.63) is 18.2 Å². The van der Waals surface area contributed by atoms with Crippen LogP contribution in [0.1, 0.15) is 32.1 Å². The van der Waals surface area contributed by atoms with Crippen LogP contribution in [0.2, 0.25) is 0 Å². The van der Waals surface area contributed by atoms with Crippen LogP contribution in [0.5, 0.6) is 5.75 Å². The van der Waals surface area contributed by atoms with Gasteiger partial charge in [0.15, 0.2) is 0 Å². The molecular weight excluding hydrogens is 341 g/mol. The number of piperidine rings is 1. The first-order chi connectivity index (χ1) is 11.3. The average molecular weight is 356 g/mol. The number of hydrogen-bond acceptors (Lipinski definition) is 4. The smallest absolute Gasteiger partial charge is 0.406 e. The fourth-order valence-corrected chi connectivity index (χ4v) is 4.81. The Labute approximate surface area is 140 Å². The zero-order chi connectivity index (χ0) is 16.9. The van der Waals surface area contributed by atoms with Gasteiger partial charge in [-0.2, -0.15) is 0 Å². The molecule has 1 spiro atoms. The molecule has 0 radical (unpaired) electrons. The van der Waals surface area contributed by atoms with E-state index in [0.29, 0.717) is 10.6 Å². The predicted molar refractivity (Wildman–Crippen MR) is 83.8 cm³/mol. The number of ether oxygens (including phenoxy) is 1. The summed E-state index contributed by atoms with van der Waals surface area (Å²) in [5.74, 6) is -0.393. The molecule has 1 N–H and O–H groups in total. The summed E-state index contributed by atoms with van der Waals surface area (Å²) in [6, 6.07) is 4.06. The molecule has 1 atom stereocenters. The first-order valence-corrected chi connectivity index (χ1v) is 8.68. The fraction of sp³-hybridized carbons (Fsp3) is 0.500. The number of halogens is 3. The summed E-state index contributed by atoms with van der Waals surface area (Å²) >= 11 is 1.24. The van der Waals surface area contributed by atoms with Gasteiger partial charge in [-0.25, -0.2) is 0 Å². The first kappa shape index (κ1) is 15.8. The lowest BCUT2D eigenvalue weighted by Gasteiger charge is -2.40. The maximum atomic E-state index is 12.5. The number of aliphatic imine (C=N–C) groups is 1. The van der Waals surface area contributed by atoms with Crippen molar-refractivity contribution in [3.63, 3.8) is 0 Å². The normalized spacial score (nSPS) is 24.9. The van der Waals surface area contributed by atoms with E-state index < -0.39 is 11.6 Å². The van der Waals surface area contributed by atoms with E-state index in [-0.39, 0.29) is 17.2 Å². The van der Waals surface area contributed by atoms with Gasteiger partial charge in [0.2, 0.25) is 5.91 Å². The van der Waals surface area contributed by atoms with Crippen molar-refractivity contribution in [1.29, 1.82) is 0 Å². The third-order valence-corrected chi connectivity index (χ3v) is 5.99. The van der Waals surface area contributed by atoms with Crippen molar-refractivity contribution in [1.82, 2.24) is 5.32 Å². The quantitative estimate of drug-likeness (QED) is 0.828. The molecule has 1 aromatic carbocycles. The van der Waals surface area contributed by atoms with E-state index in [1.807, 2.05) is 0 Å². The topological polar surface area (TPSA) is 50.7 Å². The molecule has 1 saturated heterocycles. The van der Waals surface area contributed by atoms with Gasteiger partial charge in [-0.15, -0.1) is 24.9 Å². The SMILES string of the molecule is O=C1NC2(CCCC2)CC2=Nc3ccc(OC(F)(F)F)cc3SC12. The average Bonchev–Trinajstić information content (AvgIpc) is 2.92. The van der Waals surface area contributed by atoms with Gasteiger partial charge in [-0.1, -0.05) is 12.8 Å². The Morgan fingerprint density at radius 1 is 1.29 bits per heavy atom. The van der Waals surface area contributed by atoms with E-state index in [2.05, 4.69) is 15.0 Å². The highest BCUT2D eigenvalue weighted by atomic mass is 32.2. The Morgan fingerprint density at radius 3 is 2.75 bits per heavy atom. The summed E-state index contributed by atoms with van der Waals surface area (Å²) in [6.45, 7) is 0. The molecule has 0 bridgehead atoms. The van der Waals surface area contributed by atoms with Crippen LogP contribution in [-0.2, 0) is 4.79 Å². The van der Waals surface area contributed by atoms with Crippen molar-refractivity contribution in [2.24, 2.45) is 4.99 Å². The van der Waals surface area contributed by atoms with E-state index in [4.69, 9.17) is 0 Å². The molecule has 1 unspecified atom stereocenters. The van der Waals surface area contributed by atoms with Crippen molar-refractivity contribution in [3.8, 4) is 5.75 Å². The summed E-state index contributed by atoms with van der Waals surface area (Å²) < 4.78 is 41.0. The molecule has 128 valence electrons. The Bertz CT molecular complexity index is 727. The summed E-state index contributed by atoms with van der Waals surface area (Å²) in [4.78, 5) is 17.6. The van der Waals surface area contributed by atoms with Gasteiger partial charge in [0.25, 0.3) is 0 Å². The van der Waals surface area contributed by atoms with Crippen LogP contribution in [0.25, 0.3) is 0 Å². The van der Waals surface area contributed by atoms with Gasteiger partial charge in [-0.05, 0) is 31.0 Å². The highest BCUT2D eigenvalue weighted by Gasteiger charge is 2.46. The van der Waals surface area contributed by atoms with Crippen LogP contribution in [0.3, 0.4) is 0 Å². The molecular formula is C16H15F3N2O2S. The largest absolute Gasteiger partial charge is 0.573 e. The monoisotopic (exact) mass is 356 g/mol. The van der Waals surface area contributed by atoms with E-state index >= 15 is 0 Å². The van der Waals surface area contributed by atoms with Gasteiger partial charge in [0, 0.05) is 22.6 Å². The molecule has 1 amide bonds. The summed E-state index contributed by atoms with van der Waals surface area (Å²) in [7, 11) is 0. The van der Waals surface area contributed by atoms with Gasteiger partial charge in [-0.3, -0.25) is 9.79 Å². The van der Waals surface area contributed by atoms with Crippen LogP contribution in [0.4, 0.5) is 18.9 Å². The highest BCUT2D eigenvalue weighted by Crippen LogP contribution is 2.45. The molecule has 2 aliphatic heterocycles. The van der Waals surface area contributed by atoms with Crippen LogP contribution in [0.15, 0.2) is 28.1 Å². The number of nitrogens with one attached hydrogen (secondary N) is 1. The number of benzene rings is 1. The Kier molecular flexibility index (Phi) is 3.56. The number of nitrogens with zero attached hydrogens (tertiary/aromatic N) is 1. The van der Waals surface area contributed by atoms with Crippen molar-refractivity contribution >= 4 is 29.1 Å². The van der Waals surface area contributed by atoms with Crippen molar-refractivity contribution < 1.29 is 22.7 Å². The fourth-order valence-electron chi connectivity index (χ4n) is 3.70. The second kappa shape index (κ2) is 5.40. The molecule has 2 heterocycles. The van der Waals surface area contributed by atoms with Gasteiger partial charge in [0.05, 0.1) is 5.69 Å². The maximum Gasteiger partial charge on any atom is 0.573 e. The molecule has 2 fully saturated rings. The predicted octanol–water partition coefficient (Wildman–Crippen LogP) is 3.96. The third kappa shape index (κ3) is 2.87. The number of thioether (sulfide) groups is 1. The molecule has 4 nitrogen and oxygen atoms in total. The molecule has 1 aliphatic carbocycles. The lowest BCUT2D eigenvalue weighted by molar-refractivity contribution is -0.274. The summed E-state index contributed by atoms with van der Waals surface area (Å²) in [5.41, 5.74) is 1.25. The summed E-state index contributed by atoms with van der Waals surface area (Å²) in [5, 5.41) is 2.66. The number of amides is 1. The highest BCUT2D eigenvalue weighted by molar-refractivity contribution is 8.01. The van der Waals surface area contributed by atoms with Gasteiger partial charge >= 0.3 is 6.36 Å². The van der Waals surface area contributed by atoms with E-state index in [9.17, 15) is 18.0 Å². The maximum absolute atomic E-state index is 12.5. The summed E-state index contributed by atoms with van der Waals surface area (Å²) in [6.07, 6.45) is 0.0939. The number of fused-ring (bicyclic) bond motifs is 2. The minimum Gasteiger partial charge on any atom is -0.406 e. The lowest BCUT2D eigenvalue weighted by atomic mass is 9.85. The zero-order valence-electron chi connectivity index (χ0n) is 12.7. The second-order valence-corrected chi connectivity index (χ2v) is 7.58. The molecule has 1 saturated carbocycles. The van der Waals surface area contributed by atoms with Crippen molar-refractivity contribution in [2.75, 3.05) is 0 Å². The minimum atomic E-state index is -4.74. The number of carbonyl (C=O) groups is 1. The molecule has 0 aromatic heterocycles. The Hall–Kier alpha value is -1.70. The Morgan fingerprint density at radius 2 is 2.04 bits per heavy atom. The molecule has 24 heavy (non-hydrogen) atoms. The number of rotatable bonds is 1. The number of alkyl halides is 3. The van der Waals surface area contributed by atoms with E-state index in [0.717, 1.165) is 37.8 Å². The van der Waals surface area contributed by atoms with Gasteiger partial charge in [0.1, 0.15) is 11.0 Å². The Balaban J connectivity index is 1.64. The van der Waals surface area contributed by atoms with Crippen molar-refractivity contribution in [2.45, 2.75) is 54.2 Å². The van der Waals surface area contributed by atoms with E-state index in [1.54, 1.807) is 0 Å². The standard InChI is InChI=1S/C16H15F3N2O2S/c17-16(18,19)23-9-3-4-10-12(7-9)24-13-11(20-10)8-15(21-14(13)22)5-1-2-6-15/h3-4,7,13H,1-2,5-6,8H2,(H,21,22). The molecule has 1 aromatic rings. The minimum absolute atomic E-state index is 0.0975.